The van der Waals surface area contributed by atoms with E-state index in [1.165, 1.54) is 29.7 Å². The molecule has 0 bridgehead atoms. The predicted molar refractivity (Wildman–Crippen MR) is 135 cm³/mol. The van der Waals surface area contributed by atoms with Gasteiger partial charge in [0.2, 0.25) is 0 Å². The molecule has 5 aromatic rings. The number of nitrogens with two attached hydrogens (primary N) is 1. The van der Waals surface area contributed by atoms with E-state index in [1.54, 1.807) is 29.5 Å². The number of carbonyl (C=O) groups is 1. The van der Waals surface area contributed by atoms with Crippen LogP contribution < -0.4 is 16.4 Å². The third-order valence-corrected chi connectivity index (χ3v) is 7.55. The number of amides is 1. The van der Waals surface area contributed by atoms with Crippen LogP contribution in [0.5, 0.6) is 0 Å². The lowest BCUT2D eigenvalue weighted by molar-refractivity contribution is 0.103. The highest BCUT2D eigenvalue weighted by molar-refractivity contribution is 7.20. The Bertz CT molecular complexity index is 1480. The monoisotopic (exact) mass is 472 g/mol. The predicted octanol–water partition coefficient (Wildman–Crippen LogP) is 5.97. The molecule has 0 unspecified atom stereocenters. The van der Waals surface area contributed by atoms with Crippen molar-refractivity contribution in [3.05, 3.63) is 77.6 Å². The van der Waals surface area contributed by atoms with E-state index in [2.05, 4.69) is 43.3 Å². The van der Waals surface area contributed by atoms with Gasteiger partial charge in [-0.1, -0.05) is 23.5 Å². The number of nitrogen functional groups attached to an aromatic ring is 1. The molecule has 0 aliphatic heterocycles. The average Bonchev–Trinajstić information content (AvgIpc) is 3.19. The van der Waals surface area contributed by atoms with Gasteiger partial charge < -0.3 is 16.4 Å². The van der Waals surface area contributed by atoms with E-state index in [9.17, 15) is 4.79 Å². The smallest absolute Gasteiger partial charge is 0.265 e. The summed E-state index contributed by atoms with van der Waals surface area (Å²) in [5.74, 6) is 0.513. The zero-order valence-electron chi connectivity index (χ0n) is 17.5. The molecule has 0 atom stereocenters. The number of imidazole rings is 1. The summed E-state index contributed by atoms with van der Waals surface area (Å²) in [7, 11) is 0. The summed E-state index contributed by atoms with van der Waals surface area (Å²) in [6, 6.07) is 15.2. The van der Waals surface area contributed by atoms with Gasteiger partial charge in [0.15, 0.2) is 5.13 Å². The van der Waals surface area contributed by atoms with E-state index in [1.807, 2.05) is 30.6 Å². The SMILES string of the molecule is Nc1ccccc1NC(=O)c1ccc(Nc2ncc(-c3cnc4cc(C5CC5)ccn34)s2)s1. The molecule has 9 heteroatoms. The number of benzene rings is 1. The second-order valence-electron chi connectivity index (χ2n) is 7.97. The number of carbonyl (C=O) groups excluding carboxylic acids is 1. The fourth-order valence-corrected chi connectivity index (χ4v) is 5.43. The molecule has 1 aliphatic rings. The van der Waals surface area contributed by atoms with Crippen molar-refractivity contribution in [1.29, 1.82) is 0 Å². The number of hydrogen-bond donors (Lipinski definition) is 3. The molecule has 0 spiro atoms. The number of fused-ring (bicyclic) bond motifs is 1. The number of rotatable bonds is 6. The molecule has 4 heterocycles. The summed E-state index contributed by atoms with van der Waals surface area (Å²) >= 11 is 2.92. The van der Waals surface area contributed by atoms with Gasteiger partial charge in [-0.3, -0.25) is 9.20 Å². The van der Waals surface area contributed by atoms with Gasteiger partial charge in [0, 0.05) is 12.4 Å². The highest BCUT2D eigenvalue weighted by Gasteiger charge is 2.24. The Balaban J connectivity index is 1.17. The zero-order valence-corrected chi connectivity index (χ0v) is 19.1. The number of thiophene rings is 1. The standard InChI is InChI=1S/C24H20N6OS2/c25-16-3-1-2-4-17(16)28-23(31)19-7-8-22(32-19)29-24-27-13-20(33-24)18-12-26-21-11-15(14-5-6-14)9-10-30(18)21/h1-4,7-14H,5-6,25H2,(H,27,29)(H,28,31). The molecule has 33 heavy (non-hydrogen) atoms. The first kappa shape index (κ1) is 20.0. The van der Waals surface area contributed by atoms with Gasteiger partial charge in [-0.05, 0) is 60.7 Å². The Kier molecular flexibility index (Phi) is 4.85. The maximum absolute atomic E-state index is 12.6. The van der Waals surface area contributed by atoms with Gasteiger partial charge in [0.05, 0.1) is 38.0 Å². The first-order valence-electron chi connectivity index (χ1n) is 10.6. The van der Waals surface area contributed by atoms with Crippen molar-refractivity contribution < 1.29 is 4.79 Å². The normalized spacial score (nSPS) is 13.3. The van der Waals surface area contributed by atoms with E-state index >= 15 is 0 Å². The van der Waals surface area contributed by atoms with Crippen LogP contribution in [0.25, 0.3) is 16.2 Å². The van der Waals surface area contributed by atoms with Gasteiger partial charge in [-0.25, -0.2) is 9.97 Å². The highest BCUT2D eigenvalue weighted by Crippen LogP contribution is 2.40. The number of pyridine rings is 1. The summed E-state index contributed by atoms with van der Waals surface area (Å²) in [4.78, 5) is 23.3. The van der Waals surface area contributed by atoms with Gasteiger partial charge in [-0.15, -0.1) is 11.3 Å². The molecule has 4 N–H and O–H groups in total. The molecule has 1 aromatic carbocycles. The van der Waals surface area contributed by atoms with Crippen LogP contribution >= 0.6 is 22.7 Å². The maximum atomic E-state index is 12.6. The van der Waals surface area contributed by atoms with Crippen LogP contribution in [-0.2, 0) is 0 Å². The minimum atomic E-state index is -0.193. The average molecular weight is 473 g/mol. The molecule has 6 rings (SSSR count). The van der Waals surface area contributed by atoms with E-state index in [0.717, 1.165) is 26.4 Å². The van der Waals surface area contributed by atoms with E-state index in [0.29, 0.717) is 22.2 Å². The van der Waals surface area contributed by atoms with Crippen LogP contribution in [0.2, 0.25) is 0 Å². The fourth-order valence-electron chi connectivity index (χ4n) is 3.73. The summed E-state index contributed by atoms with van der Waals surface area (Å²) < 4.78 is 2.10. The first-order valence-corrected chi connectivity index (χ1v) is 12.2. The second kappa shape index (κ2) is 8.02. The summed E-state index contributed by atoms with van der Waals surface area (Å²) in [5, 5.41) is 7.76. The molecule has 4 aromatic heterocycles. The van der Waals surface area contributed by atoms with Crippen molar-refractivity contribution in [3.63, 3.8) is 0 Å². The molecule has 0 radical (unpaired) electrons. The van der Waals surface area contributed by atoms with E-state index in [4.69, 9.17) is 5.73 Å². The Labute approximate surface area is 197 Å². The molecule has 1 aliphatic carbocycles. The molecular weight excluding hydrogens is 452 g/mol. The second-order valence-corrected chi connectivity index (χ2v) is 10.1. The van der Waals surface area contributed by atoms with Crippen LogP contribution in [0.3, 0.4) is 0 Å². The molecule has 1 saturated carbocycles. The summed E-state index contributed by atoms with van der Waals surface area (Å²) in [6.07, 6.45) is 8.40. The highest BCUT2D eigenvalue weighted by atomic mass is 32.1. The lowest BCUT2D eigenvalue weighted by Crippen LogP contribution is -2.11. The molecule has 1 fully saturated rings. The topological polar surface area (TPSA) is 97.3 Å². The Morgan fingerprint density at radius 2 is 1.94 bits per heavy atom. The number of nitrogens with zero attached hydrogens (tertiary/aromatic N) is 3. The third-order valence-electron chi connectivity index (χ3n) is 5.61. The van der Waals surface area contributed by atoms with Crippen LogP contribution in [0.4, 0.5) is 21.5 Å². The van der Waals surface area contributed by atoms with Crippen molar-refractivity contribution in [2.45, 2.75) is 18.8 Å². The zero-order chi connectivity index (χ0) is 22.4. The van der Waals surface area contributed by atoms with Crippen molar-refractivity contribution in [2.75, 3.05) is 16.4 Å². The van der Waals surface area contributed by atoms with Gasteiger partial charge in [0.25, 0.3) is 5.91 Å². The van der Waals surface area contributed by atoms with E-state index < -0.39 is 0 Å². The first-order chi connectivity index (χ1) is 16.1. The molecular formula is C24H20N6OS2. The van der Waals surface area contributed by atoms with Crippen LogP contribution in [0, 0.1) is 0 Å². The minimum Gasteiger partial charge on any atom is -0.397 e. The summed E-state index contributed by atoms with van der Waals surface area (Å²) in [6.45, 7) is 0. The largest absolute Gasteiger partial charge is 0.397 e. The molecule has 7 nitrogen and oxygen atoms in total. The number of anilines is 4. The molecule has 1 amide bonds. The Morgan fingerprint density at radius 1 is 1.06 bits per heavy atom. The fraction of sp³-hybridized carbons (Fsp3) is 0.125. The maximum Gasteiger partial charge on any atom is 0.265 e. The Morgan fingerprint density at radius 3 is 2.79 bits per heavy atom. The third kappa shape index (κ3) is 3.96. The van der Waals surface area contributed by atoms with Crippen molar-refractivity contribution in [1.82, 2.24) is 14.4 Å². The van der Waals surface area contributed by atoms with Crippen molar-refractivity contribution in [2.24, 2.45) is 0 Å². The van der Waals surface area contributed by atoms with Gasteiger partial charge in [-0.2, -0.15) is 0 Å². The van der Waals surface area contributed by atoms with Gasteiger partial charge >= 0.3 is 0 Å². The number of thiazole rings is 1. The Hall–Kier alpha value is -3.69. The quantitative estimate of drug-likeness (QED) is 0.264. The molecule has 164 valence electrons. The van der Waals surface area contributed by atoms with E-state index in [-0.39, 0.29) is 5.91 Å². The number of para-hydroxylation sites is 2. The molecule has 0 saturated heterocycles. The lowest BCUT2D eigenvalue weighted by Gasteiger charge is -2.06. The summed E-state index contributed by atoms with van der Waals surface area (Å²) in [5.41, 5.74) is 10.4. The number of aromatic nitrogens is 3. The minimum absolute atomic E-state index is 0.193. The van der Waals surface area contributed by atoms with Crippen LogP contribution in [0.15, 0.2) is 67.1 Å². The number of nitrogens with one attached hydrogen (secondary N) is 2. The van der Waals surface area contributed by atoms with Crippen LogP contribution in [0.1, 0.15) is 34.0 Å². The van der Waals surface area contributed by atoms with Crippen molar-refractivity contribution >= 4 is 55.7 Å². The van der Waals surface area contributed by atoms with Crippen LogP contribution in [-0.4, -0.2) is 20.3 Å². The lowest BCUT2D eigenvalue weighted by atomic mass is 10.2. The van der Waals surface area contributed by atoms with Crippen molar-refractivity contribution in [3.8, 4) is 10.6 Å². The number of hydrogen-bond acceptors (Lipinski definition) is 7. The van der Waals surface area contributed by atoms with Gasteiger partial charge in [0.1, 0.15) is 5.65 Å².